The zero-order valence-corrected chi connectivity index (χ0v) is 37.1. The number of carboxylic acids is 1. The number of carboxylic acid groups (broad SMARTS) is 1. The Morgan fingerprint density at radius 3 is 1.65 bits per heavy atom. The average Bonchev–Trinajstić information content (AvgIpc) is 4.20. The Morgan fingerprint density at radius 1 is 0.621 bits per heavy atom. The summed E-state index contributed by atoms with van der Waals surface area (Å²) in [6.07, 6.45) is -3.75. The molecule has 4 unspecified atom stereocenters. The summed E-state index contributed by atoms with van der Waals surface area (Å²) in [7, 11) is 1.53. The van der Waals surface area contributed by atoms with Gasteiger partial charge in [-0.25, -0.2) is 0 Å². The van der Waals surface area contributed by atoms with Gasteiger partial charge in [0.2, 0.25) is 6.29 Å². The Labute approximate surface area is 382 Å². The molecule has 7 aliphatic rings. The Bertz CT molecular complexity index is 1780. The highest BCUT2D eigenvalue weighted by atomic mass is 16.8. The molecule has 0 saturated carbocycles. The molecule has 1 aromatic carbocycles. The van der Waals surface area contributed by atoms with Crippen molar-refractivity contribution in [3.63, 3.8) is 0 Å². The number of aliphatic hydroxyl groups excluding tert-OH is 2. The van der Waals surface area contributed by atoms with E-state index in [9.17, 15) is 39.3 Å². The van der Waals surface area contributed by atoms with E-state index in [-0.39, 0.29) is 26.2 Å². The monoisotopic (exact) mass is 933 g/mol. The quantitative estimate of drug-likeness (QED) is 0.134. The first kappa shape index (κ1) is 48.9. The summed E-state index contributed by atoms with van der Waals surface area (Å²) < 4.78 is 32.5. The molecule has 22 nitrogen and oxygen atoms in total. The fourth-order valence-corrected chi connectivity index (χ4v) is 10.2. The molecule has 8 rings (SSSR count). The van der Waals surface area contributed by atoms with Crippen molar-refractivity contribution in [2.75, 3.05) is 53.0 Å². The van der Waals surface area contributed by atoms with Gasteiger partial charge in [0.1, 0.15) is 73.2 Å². The van der Waals surface area contributed by atoms with Gasteiger partial charge in [-0.2, -0.15) is 20.3 Å². The molecule has 0 amide bonds. The van der Waals surface area contributed by atoms with Crippen molar-refractivity contribution < 1.29 is 82.3 Å². The van der Waals surface area contributed by atoms with Crippen molar-refractivity contribution in [1.29, 1.82) is 0 Å². The van der Waals surface area contributed by atoms with Gasteiger partial charge in [-0.15, -0.1) is 0 Å². The van der Waals surface area contributed by atoms with Crippen LogP contribution in [0.1, 0.15) is 64.2 Å². The van der Waals surface area contributed by atoms with Crippen LogP contribution in [0.5, 0.6) is 11.5 Å². The Morgan fingerprint density at radius 2 is 1.11 bits per heavy atom. The van der Waals surface area contributed by atoms with Crippen molar-refractivity contribution >= 4 is 31.1 Å². The highest BCUT2D eigenvalue weighted by molar-refractivity contribution is 5.74. The lowest BCUT2D eigenvalue weighted by Crippen LogP contribution is -2.71. The first-order chi connectivity index (χ1) is 32.1. The van der Waals surface area contributed by atoms with Crippen LogP contribution in [0.2, 0.25) is 0 Å². The number of aliphatic carboxylic acids is 1. The number of carbonyl (C=O) groups is 5. The maximum atomic E-state index is 13.1. The second kappa shape index (κ2) is 22.7. The van der Waals surface area contributed by atoms with Crippen molar-refractivity contribution in [3.8, 4) is 11.5 Å². The number of methoxy groups -OCH3 is 1. The average molecular weight is 934 g/mol. The third kappa shape index (κ3) is 10.8. The van der Waals surface area contributed by atoms with E-state index < -0.39 is 97.5 Å². The van der Waals surface area contributed by atoms with E-state index in [0.29, 0.717) is 95.5 Å². The van der Waals surface area contributed by atoms with Gasteiger partial charge in [0, 0.05) is 26.2 Å². The summed E-state index contributed by atoms with van der Waals surface area (Å²) in [6, 6.07) is 2.32. The molecule has 0 spiro atoms. The first-order valence-electron chi connectivity index (χ1n) is 23.2. The van der Waals surface area contributed by atoms with E-state index in [1.165, 1.54) is 17.2 Å². The molecule has 0 bridgehead atoms. The van der Waals surface area contributed by atoms with Gasteiger partial charge in [0.25, 0.3) is 0 Å². The lowest BCUT2D eigenvalue weighted by molar-refractivity contribution is -0.392. The summed E-state index contributed by atoms with van der Waals surface area (Å²) in [5.74, 6) is -0.172. The summed E-state index contributed by atoms with van der Waals surface area (Å²) in [6.45, 7) is 1.32. The van der Waals surface area contributed by atoms with Gasteiger partial charge < -0.3 is 58.2 Å². The fraction of sp³-hybridized carbons (Fsp3) is 0.750. The minimum atomic E-state index is -1.68. The molecule has 3 N–H and O–H groups in total. The molecule has 15 atom stereocenters. The largest absolute Gasteiger partial charge is 0.497 e. The zero-order chi connectivity index (χ0) is 46.3. The number of benzene rings is 1. The zero-order valence-electron chi connectivity index (χ0n) is 37.1. The molecule has 66 heavy (non-hydrogen) atoms. The second-order valence-corrected chi connectivity index (χ2v) is 17.9. The van der Waals surface area contributed by atoms with Crippen molar-refractivity contribution in [3.05, 3.63) is 24.3 Å². The highest BCUT2D eigenvalue weighted by Gasteiger charge is 2.58. The number of rotatable bonds is 21. The molecular formula is C44H63N5O17. The van der Waals surface area contributed by atoms with E-state index in [1.54, 1.807) is 39.3 Å². The van der Waals surface area contributed by atoms with Crippen molar-refractivity contribution in [2.24, 2.45) is 0 Å². The van der Waals surface area contributed by atoms with Gasteiger partial charge >= 0.3 is 5.97 Å². The van der Waals surface area contributed by atoms with Crippen LogP contribution < -0.4 is 9.47 Å². The van der Waals surface area contributed by atoms with Crippen molar-refractivity contribution in [2.45, 2.75) is 156 Å². The normalized spacial score (nSPS) is 38.4. The Balaban J connectivity index is 1.20. The fourth-order valence-electron chi connectivity index (χ4n) is 10.2. The van der Waals surface area contributed by atoms with E-state index in [0.717, 1.165) is 25.1 Å². The van der Waals surface area contributed by atoms with Crippen LogP contribution in [-0.2, 0) is 57.5 Å². The van der Waals surface area contributed by atoms with Gasteiger partial charge in [-0.3, -0.25) is 29.0 Å². The minimum Gasteiger partial charge on any atom is -0.497 e. The minimum absolute atomic E-state index is 0.246. The molecule has 366 valence electrons. The van der Waals surface area contributed by atoms with E-state index in [4.69, 9.17) is 43.0 Å². The summed E-state index contributed by atoms with van der Waals surface area (Å²) in [4.78, 5) is 88.9. The number of likely N-dealkylation sites (tertiary alicyclic amines) is 1. The molecule has 1 aromatic rings. The van der Waals surface area contributed by atoms with Gasteiger partial charge in [-0.1, -0.05) is 0 Å². The molecule has 7 saturated heterocycles. The van der Waals surface area contributed by atoms with Crippen LogP contribution >= 0.6 is 0 Å². The van der Waals surface area contributed by atoms with Crippen LogP contribution in [0, 0.1) is 0 Å². The molecule has 22 heteroatoms. The molecule has 0 aromatic heterocycles. The van der Waals surface area contributed by atoms with E-state index >= 15 is 0 Å². The summed E-state index contributed by atoms with van der Waals surface area (Å²) in [5, 5.41) is 40.3. The van der Waals surface area contributed by atoms with Crippen LogP contribution in [0.3, 0.4) is 0 Å². The number of hydrogen-bond acceptors (Lipinski definition) is 21. The maximum Gasteiger partial charge on any atom is 0.320 e. The number of carbonyl (C=O) groups excluding carboxylic acids is 4. The molecule has 7 heterocycles. The van der Waals surface area contributed by atoms with Crippen LogP contribution in [0.4, 0.5) is 0 Å². The van der Waals surface area contributed by atoms with E-state index in [2.05, 4.69) is 0 Å². The first-order valence-corrected chi connectivity index (χ1v) is 23.2. The van der Waals surface area contributed by atoms with Crippen molar-refractivity contribution in [1.82, 2.24) is 25.2 Å². The lowest BCUT2D eigenvalue weighted by Gasteiger charge is -2.52. The van der Waals surface area contributed by atoms with Gasteiger partial charge in [-0.05, 0) is 95.0 Å². The van der Waals surface area contributed by atoms with E-state index in [1.807, 2.05) is 0 Å². The summed E-state index contributed by atoms with van der Waals surface area (Å²) in [5.41, 5.74) is 0. The summed E-state index contributed by atoms with van der Waals surface area (Å²) >= 11 is 0. The number of ether oxygens (including phenoxy) is 5. The third-order valence-electron chi connectivity index (χ3n) is 13.8. The second-order valence-electron chi connectivity index (χ2n) is 17.9. The molecule has 0 aliphatic carbocycles. The Hall–Kier alpha value is -3.59. The molecule has 7 fully saturated rings. The standard InChI is InChI=1S/C44H63N5O17/c1-58-31-12-14-32(15-13-31)61-43-40(65-48-19-4-9-29(48)23-52)36(45-16-6-11-33(45)42(56)57)39(35(63-43)26-60-47-18-3-8-28(47)22-51)64-44-41(66-49-20-5-10-30(49)24-53)38(55)37(54)34(62-44)25-59-46-17-2-7-27(46)21-50/h12-15,21-24,27-30,33-41,43-44,54-55H,2-11,16-20,25-26H2,1H3,(H,56,57)/t27-,28-,29-,30-,33-,34?,35-,36?,37-,38?,39+,40?,41-,43+,44-/m0/s1. The number of aldehydes is 4. The smallest absolute Gasteiger partial charge is 0.320 e. The predicted molar refractivity (Wildman–Crippen MR) is 224 cm³/mol. The molecular weight excluding hydrogens is 871 g/mol. The van der Waals surface area contributed by atoms with Crippen LogP contribution in [0.15, 0.2) is 24.3 Å². The SMILES string of the molecule is COc1ccc(O[C@@H]2O[C@@H](CON3CCC[C@H]3C=O)[C@@H](O[C@@H]3OC(CON4CCC[C@H]4C=O)[C@H](O)C(O)[C@@H]3ON3CCC[C@H]3C=O)C(N3CCC[C@H]3C(=O)O)C2ON2CCC[C@H]2C=O)cc1. The van der Waals surface area contributed by atoms with Gasteiger partial charge in [0.05, 0.1) is 50.5 Å². The van der Waals surface area contributed by atoms with Crippen LogP contribution in [0.25, 0.3) is 0 Å². The topological polar surface area (TPSA) is 245 Å². The lowest BCUT2D eigenvalue weighted by atomic mass is 9.92. The third-order valence-corrected chi connectivity index (χ3v) is 13.8. The molecule has 0 radical (unpaired) electrons. The number of aliphatic hydroxyl groups is 2. The Kier molecular flexibility index (Phi) is 16.8. The number of hydroxylamine groups is 8. The van der Waals surface area contributed by atoms with Crippen LogP contribution in [-0.4, -0.2) is 216 Å². The predicted octanol–water partition coefficient (Wildman–Crippen LogP) is -0.335. The number of nitrogens with zero attached hydrogens (tertiary/aromatic N) is 5. The van der Waals surface area contributed by atoms with Gasteiger partial charge in [0.15, 0.2) is 18.5 Å². The highest BCUT2D eigenvalue weighted by Crippen LogP contribution is 2.40. The molecule has 7 aliphatic heterocycles. The number of hydrogen-bond donors (Lipinski definition) is 3. The maximum absolute atomic E-state index is 13.1.